The van der Waals surface area contributed by atoms with Crippen molar-refractivity contribution >= 4 is 5.97 Å². The number of hydrogen-bond donors (Lipinski definition) is 7. The number of carboxylic acid groups (broad SMARTS) is 1. The molecule has 0 saturated carbocycles. The molecule has 1 heterocycles. The number of ether oxygens (including phenoxy) is 2. The van der Waals surface area contributed by atoms with Crippen LogP contribution < -0.4 is 0 Å². The van der Waals surface area contributed by atoms with E-state index >= 15 is 0 Å². The number of aliphatic carboxylic acids is 1. The molecule has 0 radical (unpaired) electrons. The van der Waals surface area contributed by atoms with Gasteiger partial charge in [0, 0.05) is 0 Å². The van der Waals surface area contributed by atoms with E-state index in [-0.39, 0.29) is 0 Å². The van der Waals surface area contributed by atoms with Crippen molar-refractivity contribution in [1.82, 2.24) is 0 Å². The molecule has 0 aromatic carbocycles. The molecule has 7 N–H and O–H groups in total. The molecule has 1 aliphatic heterocycles. The molecule has 1 aliphatic rings. The summed E-state index contributed by atoms with van der Waals surface area (Å²) in [5.41, 5.74) is 0. The molecule has 0 aliphatic carbocycles. The second kappa shape index (κ2) is 7.96. The monoisotopic (exact) mass is 312 g/mol. The third kappa shape index (κ3) is 4.56. The van der Waals surface area contributed by atoms with E-state index in [1.54, 1.807) is 0 Å². The summed E-state index contributed by atoms with van der Waals surface area (Å²) in [6.45, 7) is -1.42. The van der Waals surface area contributed by atoms with Crippen LogP contribution in [0.2, 0.25) is 0 Å². The van der Waals surface area contributed by atoms with Gasteiger partial charge in [0.2, 0.25) is 0 Å². The number of hydrogen-bond acceptors (Lipinski definition) is 9. The van der Waals surface area contributed by atoms with Gasteiger partial charge in [-0.2, -0.15) is 0 Å². The first-order valence-corrected chi connectivity index (χ1v) is 6.28. The van der Waals surface area contributed by atoms with E-state index in [4.69, 9.17) is 24.8 Å². The Bertz CT molecular complexity index is 335. The summed E-state index contributed by atoms with van der Waals surface area (Å²) in [4.78, 5) is 10.5. The van der Waals surface area contributed by atoms with Crippen LogP contribution in [0.25, 0.3) is 0 Å². The Labute approximate surface area is 119 Å². The molecular formula is C11H20O10. The van der Waals surface area contributed by atoms with Crippen molar-refractivity contribution in [1.29, 1.82) is 0 Å². The Hall–Kier alpha value is -0.850. The van der Waals surface area contributed by atoms with E-state index in [1.807, 2.05) is 0 Å². The Kier molecular flexibility index (Phi) is 6.90. The normalized spacial score (nSPS) is 36.2. The van der Waals surface area contributed by atoms with Gasteiger partial charge in [-0.15, -0.1) is 0 Å². The zero-order valence-corrected chi connectivity index (χ0v) is 11.0. The first-order chi connectivity index (χ1) is 9.81. The molecule has 7 atom stereocenters. The SMILES string of the molecule is O=C(O)C[C@H](O)[C@@H](CO)OC1O[C@H](CO)[C@@H](O)[C@H](O)[C@@H]1O. The molecule has 0 amide bonds. The Morgan fingerprint density at radius 3 is 2.24 bits per heavy atom. The predicted molar refractivity (Wildman–Crippen MR) is 64.0 cm³/mol. The molecule has 10 nitrogen and oxygen atoms in total. The highest BCUT2D eigenvalue weighted by Gasteiger charge is 2.45. The molecule has 0 spiro atoms. The zero-order chi connectivity index (χ0) is 16.2. The first-order valence-electron chi connectivity index (χ1n) is 6.28. The van der Waals surface area contributed by atoms with Gasteiger partial charge in [-0.25, -0.2) is 0 Å². The summed E-state index contributed by atoms with van der Waals surface area (Å²) >= 11 is 0. The highest BCUT2D eigenvalue weighted by atomic mass is 16.7. The predicted octanol–water partition coefficient (Wildman–Crippen LogP) is -4.00. The van der Waals surface area contributed by atoms with Gasteiger partial charge in [-0.3, -0.25) is 4.79 Å². The third-order valence-electron chi connectivity index (χ3n) is 3.15. The van der Waals surface area contributed by atoms with E-state index in [0.717, 1.165) is 0 Å². The summed E-state index contributed by atoms with van der Waals surface area (Å²) in [5, 5.41) is 65.0. The lowest BCUT2D eigenvalue weighted by Crippen LogP contribution is -2.60. The van der Waals surface area contributed by atoms with Gasteiger partial charge >= 0.3 is 5.97 Å². The van der Waals surface area contributed by atoms with Gasteiger partial charge in [-0.05, 0) is 0 Å². The Morgan fingerprint density at radius 1 is 1.14 bits per heavy atom. The van der Waals surface area contributed by atoms with Crippen molar-refractivity contribution in [3.63, 3.8) is 0 Å². The van der Waals surface area contributed by atoms with Crippen LogP contribution in [-0.4, -0.2) is 97.8 Å². The minimum Gasteiger partial charge on any atom is -0.481 e. The summed E-state index contributed by atoms with van der Waals surface area (Å²) in [6.07, 6.45) is -11.4. The van der Waals surface area contributed by atoms with Crippen LogP contribution in [0.4, 0.5) is 0 Å². The molecule has 0 bridgehead atoms. The minimum absolute atomic E-state index is 0.660. The van der Waals surface area contributed by atoms with Crippen LogP contribution in [0.3, 0.4) is 0 Å². The maximum atomic E-state index is 10.5. The third-order valence-corrected chi connectivity index (χ3v) is 3.15. The maximum Gasteiger partial charge on any atom is 0.306 e. The van der Waals surface area contributed by atoms with Gasteiger partial charge in [-0.1, -0.05) is 0 Å². The molecule has 0 aromatic heterocycles. The van der Waals surface area contributed by atoms with Crippen molar-refractivity contribution in [3.05, 3.63) is 0 Å². The maximum absolute atomic E-state index is 10.5. The van der Waals surface area contributed by atoms with E-state index in [0.29, 0.717) is 0 Å². The highest BCUT2D eigenvalue weighted by molar-refractivity contribution is 5.67. The van der Waals surface area contributed by atoms with E-state index < -0.39 is 68.5 Å². The van der Waals surface area contributed by atoms with Crippen molar-refractivity contribution in [3.8, 4) is 0 Å². The second-order valence-corrected chi connectivity index (χ2v) is 4.72. The number of rotatable bonds is 7. The topological polar surface area (TPSA) is 177 Å². The lowest BCUT2D eigenvalue weighted by atomic mass is 9.99. The van der Waals surface area contributed by atoms with Crippen LogP contribution >= 0.6 is 0 Å². The summed E-state index contributed by atoms with van der Waals surface area (Å²) in [5.74, 6) is -1.32. The van der Waals surface area contributed by atoms with Crippen molar-refractivity contribution in [2.24, 2.45) is 0 Å². The highest BCUT2D eigenvalue weighted by Crippen LogP contribution is 2.23. The Balaban J connectivity index is 2.71. The van der Waals surface area contributed by atoms with Gasteiger partial charge < -0.3 is 45.2 Å². The van der Waals surface area contributed by atoms with Crippen LogP contribution in [0, 0.1) is 0 Å². The van der Waals surface area contributed by atoms with Gasteiger partial charge in [0.15, 0.2) is 6.29 Å². The minimum atomic E-state index is -1.70. The fraction of sp³-hybridized carbons (Fsp3) is 0.909. The van der Waals surface area contributed by atoms with E-state index in [9.17, 15) is 25.2 Å². The average molecular weight is 312 g/mol. The van der Waals surface area contributed by atoms with Gasteiger partial charge in [0.1, 0.15) is 30.5 Å². The smallest absolute Gasteiger partial charge is 0.306 e. The number of aliphatic hydroxyl groups excluding tert-OH is 6. The lowest BCUT2D eigenvalue weighted by molar-refractivity contribution is -0.319. The quantitative estimate of drug-likeness (QED) is 0.245. The molecule has 1 fully saturated rings. The zero-order valence-electron chi connectivity index (χ0n) is 11.0. The second-order valence-electron chi connectivity index (χ2n) is 4.72. The first kappa shape index (κ1) is 18.2. The van der Waals surface area contributed by atoms with Crippen LogP contribution in [-0.2, 0) is 14.3 Å². The van der Waals surface area contributed by atoms with E-state index in [1.165, 1.54) is 0 Å². The van der Waals surface area contributed by atoms with Crippen LogP contribution in [0.5, 0.6) is 0 Å². The fourth-order valence-corrected chi connectivity index (χ4v) is 1.92. The molecule has 0 aromatic rings. The molecule has 1 rings (SSSR count). The number of aliphatic hydroxyl groups is 6. The molecule has 1 unspecified atom stereocenters. The molecular weight excluding hydrogens is 292 g/mol. The van der Waals surface area contributed by atoms with Crippen molar-refractivity contribution < 1.29 is 50.0 Å². The standard InChI is InChI=1S/C11H20O10/c12-2-5(4(14)1-7(15)16)20-11-10(19)9(18)8(17)6(3-13)21-11/h4-6,8-14,17-19H,1-3H2,(H,15,16)/t4-,5+,6+,8+,9-,10-,11?/m0/s1. The summed E-state index contributed by atoms with van der Waals surface area (Å²) in [7, 11) is 0. The fourth-order valence-electron chi connectivity index (χ4n) is 1.92. The number of carboxylic acids is 1. The summed E-state index contributed by atoms with van der Waals surface area (Å²) < 4.78 is 10.1. The largest absolute Gasteiger partial charge is 0.481 e. The van der Waals surface area contributed by atoms with Crippen molar-refractivity contribution in [2.45, 2.75) is 49.3 Å². The molecule has 1 saturated heterocycles. The van der Waals surface area contributed by atoms with Gasteiger partial charge in [0.25, 0.3) is 0 Å². The molecule has 21 heavy (non-hydrogen) atoms. The Morgan fingerprint density at radius 2 is 1.76 bits per heavy atom. The van der Waals surface area contributed by atoms with Gasteiger partial charge in [0.05, 0.1) is 25.7 Å². The summed E-state index contributed by atoms with van der Waals surface area (Å²) in [6, 6.07) is 0. The number of carbonyl (C=O) groups is 1. The van der Waals surface area contributed by atoms with Crippen LogP contribution in [0.1, 0.15) is 6.42 Å². The lowest BCUT2D eigenvalue weighted by Gasteiger charge is -2.41. The molecule has 10 heteroatoms. The molecule has 124 valence electrons. The van der Waals surface area contributed by atoms with E-state index in [2.05, 4.69) is 0 Å². The average Bonchev–Trinajstić information content (AvgIpc) is 2.43. The van der Waals surface area contributed by atoms with Crippen LogP contribution in [0.15, 0.2) is 0 Å². The van der Waals surface area contributed by atoms with Crippen molar-refractivity contribution in [2.75, 3.05) is 13.2 Å².